The second-order valence-corrected chi connectivity index (χ2v) is 9.01. The molecule has 138 valence electrons. The SMILES string of the molecule is COc1cccc(N2CC[NH+](CC(=O)N[C@@H]3CCS(=O)(=O)C3)CC2)c1. The largest absolute Gasteiger partial charge is 0.497 e. The van der Waals surface area contributed by atoms with Gasteiger partial charge in [0.2, 0.25) is 0 Å². The van der Waals surface area contributed by atoms with E-state index < -0.39 is 9.84 Å². The molecule has 0 radical (unpaired) electrons. The Balaban J connectivity index is 1.45. The number of amides is 1. The summed E-state index contributed by atoms with van der Waals surface area (Å²) in [6, 6.07) is 7.79. The summed E-state index contributed by atoms with van der Waals surface area (Å²) in [5.41, 5.74) is 1.14. The normalized spacial score (nSPS) is 23.4. The Hall–Kier alpha value is -1.80. The zero-order chi connectivity index (χ0) is 17.9. The molecule has 0 bridgehead atoms. The highest BCUT2D eigenvalue weighted by Gasteiger charge is 2.30. The molecule has 0 unspecified atom stereocenters. The fourth-order valence-corrected chi connectivity index (χ4v) is 5.15. The van der Waals surface area contributed by atoms with Crippen molar-refractivity contribution in [1.82, 2.24) is 5.32 Å². The van der Waals surface area contributed by atoms with Crippen LogP contribution in [0.2, 0.25) is 0 Å². The van der Waals surface area contributed by atoms with Gasteiger partial charge in [0.25, 0.3) is 5.91 Å². The highest BCUT2D eigenvalue weighted by atomic mass is 32.2. The van der Waals surface area contributed by atoms with Gasteiger partial charge in [-0.3, -0.25) is 4.79 Å². The molecular weight excluding hydrogens is 342 g/mol. The summed E-state index contributed by atoms with van der Waals surface area (Å²) in [4.78, 5) is 15.7. The van der Waals surface area contributed by atoms with Gasteiger partial charge in [-0.2, -0.15) is 0 Å². The molecule has 2 N–H and O–H groups in total. The number of ether oxygens (including phenoxy) is 1. The van der Waals surface area contributed by atoms with Gasteiger partial charge in [-0.25, -0.2) is 8.42 Å². The molecule has 0 aromatic heterocycles. The predicted octanol–water partition coefficient (Wildman–Crippen LogP) is -1.30. The van der Waals surface area contributed by atoms with E-state index in [2.05, 4.69) is 16.3 Å². The molecule has 3 rings (SSSR count). The number of hydrogen-bond acceptors (Lipinski definition) is 5. The summed E-state index contributed by atoms with van der Waals surface area (Å²) in [5, 5.41) is 2.87. The number of nitrogens with zero attached hydrogens (tertiary/aromatic N) is 1. The van der Waals surface area contributed by atoms with E-state index in [9.17, 15) is 13.2 Å². The molecule has 2 saturated heterocycles. The van der Waals surface area contributed by atoms with E-state index in [0.29, 0.717) is 13.0 Å². The van der Waals surface area contributed by atoms with Crippen molar-refractivity contribution >= 4 is 21.4 Å². The first-order chi connectivity index (χ1) is 11.9. The quantitative estimate of drug-likeness (QED) is 0.676. The summed E-state index contributed by atoms with van der Waals surface area (Å²) < 4.78 is 28.2. The minimum Gasteiger partial charge on any atom is -0.497 e. The predicted molar refractivity (Wildman–Crippen MR) is 96.0 cm³/mol. The van der Waals surface area contributed by atoms with Crippen LogP contribution in [0.1, 0.15) is 6.42 Å². The van der Waals surface area contributed by atoms with Crippen LogP contribution in [-0.4, -0.2) is 71.7 Å². The highest BCUT2D eigenvalue weighted by molar-refractivity contribution is 7.91. The summed E-state index contributed by atoms with van der Waals surface area (Å²) >= 11 is 0. The summed E-state index contributed by atoms with van der Waals surface area (Å²) in [5.74, 6) is 1.06. The smallest absolute Gasteiger partial charge is 0.275 e. The first-order valence-electron chi connectivity index (χ1n) is 8.67. The number of benzene rings is 1. The van der Waals surface area contributed by atoms with Gasteiger partial charge in [0.05, 0.1) is 44.8 Å². The number of anilines is 1. The number of sulfone groups is 1. The molecule has 1 aromatic rings. The van der Waals surface area contributed by atoms with Crippen molar-refractivity contribution in [3.8, 4) is 5.75 Å². The molecule has 0 saturated carbocycles. The van der Waals surface area contributed by atoms with Crippen LogP contribution < -0.4 is 19.9 Å². The average Bonchev–Trinajstić information content (AvgIpc) is 2.94. The average molecular weight is 368 g/mol. The molecule has 2 aliphatic rings. The molecule has 0 spiro atoms. The molecule has 2 heterocycles. The van der Waals surface area contributed by atoms with Crippen LogP contribution in [0.25, 0.3) is 0 Å². The van der Waals surface area contributed by atoms with Gasteiger partial charge < -0.3 is 19.9 Å². The zero-order valence-corrected chi connectivity index (χ0v) is 15.3. The molecule has 1 aromatic carbocycles. The Kier molecular flexibility index (Phi) is 5.48. The maximum Gasteiger partial charge on any atom is 0.275 e. The molecule has 2 fully saturated rings. The van der Waals surface area contributed by atoms with Gasteiger partial charge in [-0.1, -0.05) is 6.07 Å². The second kappa shape index (κ2) is 7.61. The Morgan fingerprint density at radius 3 is 2.76 bits per heavy atom. The van der Waals surface area contributed by atoms with Crippen LogP contribution in [0.3, 0.4) is 0 Å². The van der Waals surface area contributed by atoms with Crippen molar-refractivity contribution in [2.24, 2.45) is 0 Å². The summed E-state index contributed by atoms with van der Waals surface area (Å²) in [6.07, 6.45) is 0.535. The number of carbonyl (C=O) groups is 1. The molecule has 1 amide bonds. The van der Waals surface area contributed by atoms with E-state index in [1.54, 1.807) is 7.11 Å². The zero-order valence-electron chi connectivity index (χ0n) is 14.5. The van der Waals surface area contributed by atoms with E-state index in [1.807, 2.05) is 18.2 Å². The Morgan fingerprint density at radius 1 is 1.36 bits per heavy atom. The minimum atomic E-state index is -2.96. The second-order valence-electron chi connectivity index (χ2n) is 6.78. The van der Waals surface area contributed by atoms with Crippen molar-refractivity contribution in [1.29, 1.82) is 0 Å². The fourth-order valence-electron chi connectivity index (χ4n) is 3.48. The van der Waals surface area contributed by atoms with Crippen LogP contribution in [0.4, 0.5) is 5.69 Å². The van der Waals surface area contributed by atoms with Crippen LogP contribution in [-0.2, 0) is 14.6 Å². The lowest BCUT2D eigenvalue weighted by Crippen LogP contribution is -3.16. The van der Waals surface area contributed by atoms with Gasteiger partial charge in [0.1, 0.15) is 5.75 Å². The maximum atomic E-state index is 12.2. The van der Waals surface area contributed by atoms with Crippen LogP contribution in [0.15, 0.2) is 24.3 Å². The standard InChI is InChI=1S/C17H25N3O4S/c1-24-16-4-2-3-15(11-16)20-8-6-19(7-9-20)12-17(21)18-14-5-10-25(22,23)13-14/h2-4,11,14H,5-10,12-13H2,1H3,(H,18,21)/p+1/t14-/m1/s1. The van der Waals surface area contributed by atoms with Crippen LogP contribution >= 0.6 is 0 Å². The van der Waals surface area contributed by atoms with Crippen LogP contribution in [0.5, 0.6) is 5.75 Å². The van der Waals surface area contributed by atoms with Gasteiger partial charge in [-0.05, 0) is 18.6 Å². The first kappa shape index (κ1) is 18.0. The molecule has 7 nitrogen and oxygen atoms in total. The van der Waals surface area contributed by atoms with Gasteiger partial charge in [0.15, 0.2) is 16.4 Å². The monoisotopic (exact) mass is 368 g/mol. The number of quaternary nitrogens is 1. The lowest BCUT2D eigenvalue weighted by atomic mass is 10.2. The third-order valence-corrected chi connectivity index (χ3v) is 6.67. The van der Waals surface area contributed by atoms with Crippen molar-refractivity contribution in [2.45, 2.75) is 12.5 Å². The van der Waals surface area contributed by atoms with E-state index in [4.69, 9.17) is 4.74 Å². The number of nitrogens with one attached hydrogen (secondary N) is 2. The maximum absolute atomic E-state index is 12.2. The first-order valence-corrected chi connectivity index (χ1v) is 10.5. The third-order valence-electron chi connectivity index (χ3n) is 4.90. The lowest BCUT2D eigenvalue weighted by Gasteiger charge is -2.33. The van der Waals surface area contributed by atoms with Crippen molar-refractivity contribution < 1.29 is 22.8 Å². The van der Waals surface area contributed by atoms with E-state index in [1.165, 1.54) is 4.90 Å². The number of rotatable bonds is 5. The van der Waals surface area contributed by atoms with Gasteiger partial charge in [0, 0.05) is 17.8 Å². The molecule has 2 aliphatic heterocycles. The topological polar surface area (TPSA) is 80.2 Å². The summed E-state index contributed by atoms with van der Waals surface area (Å²) in [7, 11) is -1.29. The molecular formula is C17H26N3O4S+. The molecule has 25 heavy (non-hydrogen) atoms. The number of hydrogen-bond donors (Lipinski definition) is 2. The molecule has 1 atom stereocenters. The Bertz CT molecular complexity index is 714. The lowest BCUT2D eigenvalue weighted by molar-refractivity contribution is -0.892. The van der Waals surface area contributed by atoms with E-state index in [-0.39, 0.29) is 23.5 Å². The van der Waals surface area contributed by atoms with E-state index >= 15 is 0 Å². The van der Waals surface area contributed by atoms with Crippen molar-refractivity contribution in [2.75, 3.05) is 56.2 Å². The van der Waals surface area contributed by atoms with Crippen LogP contribution in [0, 0.1) is 0 Å². The minimum absolute atomic E-state index is 0.0491. The number of carbonyl (C=O) groups excluding carboxylic acids is 1. The Labute approximate surface area is 148 Å². The summed E-state index contributed by atoms with van der Waals surface area (Å²) in [6.45, 7) is 3.94. The molecule has 0 aliphatic carbocycles. The van der Waals surface area contributed by atoms with Crippen molar-refractivity contribution in [3.05, 3.63) is 24.3 Å². The molecule has 8 heteroatoms. The highest BCUT2D eigenvalue weighted by Crippen LogP contribution is 2.20. The van der Waals surface area contributed by atoms with Gasteiger partial charge >= 0.3 is 0 Å². The van der Waals surface area contributed by atoms with Crippen molar-refractivity contribution in [3.63, 3.8) is 0 Å². The van der Waals surface area contributed by atoms with Gasteiger partial charge in [-0.15, -0.1) is 0 Å². The van der Waals surface area contributed by atoms with E-state index in [0.717, 1.165) is 37.6 Å². The number of piperazine rings is 1. The fraction of sp³-hybridized carbons (Fsp3) is 0.588. The third kappa shape index (κ3) is 4.85. The number of methoxy groups -OCH3 is 1. The Morgan fingerprint density at radius 2 is 2.12 bits per heavy atom.